The number of pyridine rings is 1. The number of ether oxygens (including phenoxy) is 1. The van der Waals surface area contributed by atoms with E-state index in [2.05, 4.69) is 19.7 Å². The van der Waals surface area contributed by atoms with Crippen molar-refractivity contribution in [2.45, 2.75) is 25.0 Å². The molecule has 0 radical (unpaired) electrons. The van der Waals surface area contributed by atoms with Crippen LogP contribution in [0.3, 0.4) is 0 Å². The molecule has 0 fully saturated rings. The molecule has 31 heavy (non-hydrogen) atoms. The highest BCUT2D eigenvalue weighted by molar-refractivity contribution is 7.99. The average molecular weight is 433 g/mol. The van der Waals surface area contributed by atoms with Gasteiger partial charge in [-0.3, -0.25) is 9.78 Å². The molecule has 0 bridgehead atoms. The lowest BCUT2D eigenvalue weighted by Gasteiger charge is -2.10. The summed E-state index contributed by atoms with van der Waals surface area (Å²) >= 11 is 1.42. The maximum absolute atomic E-state index is 12.8. The van der Waals surface area contributed by atoms with Gasteiger partial charge >= 0.3 is 0 Å². The van der Waals surface area contributed by atoms with E-state index < -0.39 is 0 Å². The monoisotopic (exact) mass is 432 g/mol. The van der Waals surface area contributed by atoms with Crippen molar-refractivity contribution in [3.8, 4) is 11.4 Å². The molecule has 0 saturated heterocycles. The Morgan fingerprint density at radius 2 is 1.84 bits per heavy atom. The van der Waals surface area contributed by atoms with Crippen molar-refractivity contribution >= 4 is 28.3 Å². The third kappa shape index (κ3) is 5.18. The fraction of sp³-hybridized carbons (Fsp3) is 0.250. The fourth-order valence-corrected chi connectivity index (χ4v) is 4.22. The van der Waals surface area contributed by atoms with Gasteiger partial charge in [0.05, 0.1) is 5.75 Å². The second-order valence-electron chi connectivity index (χ2n) is 7.02. The molecule has 2 aromatic carbocycles. The summed E-state index contributed by atoms with van der Waals surface area (Å²) in [7, 11) is 0. The van der Waals surface area contributed by atoms with Crippen LogP contribution in [0.25, 0.3) is 22.2 Å². The van der Waals surface area contributed by atoms with Gasteiger partial charge in [-0.15, -0.1) is 10.2 Å². The van der Waals surface area contributed by atoms with Gasteiger partial charge in [0.1, 0.15) is 0 Å². The molecule has 0 aliphatic carbocycles. The van der Waals surface area contributed by atoms with Crippen LogP contribution in [-0.4, -0.2) is 44.5 Å². The number of ketones is 1. The van der Waals surface area contributed by atoms with Crippen LogP contribution in [0.5, 0.6) is 0 Å². The molecule has 158 valence electrons. The largest absolute Gasteiger partial charge is 0.382 e. The zero-order valence-electron chi connectivity index (χ0n) is 17.4. The van der Waals surface area contributed by atoms with E-state index >= 15 is 0 Å². The molecule has 6 nitrogen and oxygen atoms in total. The first-order valence-corrected chi connectivity index (χ1v) is 11.3. The molecule has 0 amide bonds. The third-order valence-electron chi connectivity index (χ3n) is 4.93. The van der Waals surface area contributed by atoms with Gasteiger partial charge in [0.15, 0.2) is 16.8 Å². The van der Waals surface area contributed by atoms with Crippen molar-refractivity contribution in [1.82, 2.24) is 19.7 Å². The normalized spacial score (nSPS) is 11.1. The number of fused-ring (bicyclic) bond motifs is 1. The van der Waals surface area contributed by atoms with Crippen LogP contribution in [0.1, 0.15) is 23.7 Å². The third-order valence-corrected chi connectivity index (χ3v) is 5.90. The Bertz CT molecular complexity index is 1160. The topological polar surface area (TPSA) is 69.9 Å². The van der Waals surface area contributed by atoms with E-state index in [1.807, 2.05) is 61.5 Å². The van der Waals surface area contributed by atoms with Gasteiger partial charge in [-0.05, 0) is 42.3 Å². The molecule has 0 aliphatic heterocycles. The minimum absolute atomic E-state index is 0.0741. The maximum atomic E-state index is 12.8. The number of carbonyl (C=O) groups is 1. The molecule has 2 aromatic heterocycles. The van der Waals surface area contributed by atoms with Crippen LogP contribution < -0.4 is 0 Å². The zero-order chi connectivity index (χ0) is 21.5. The number of benzene rings is 2. The van der Waals surface area contributed by atoms with Crippen molar-refractivity contribution in [1.29, 1.82) is 0 Å². The lowest BCUT2D eigenvalue weighted by molar-refractivity contribution is 0.102. The van der Waals surface area contributed by atoms with Crippen LogP contribution >= 0.6 is 11.8 Å². The number of thioether (sulfide) groups is 1. The van der Waals surface area contributed by atoms with Crippen molar-refractivity contribution in [2.24, 2.45) is 0 Å². The summed E-state index contributed by atoms with van der Waals surface area (Å²) in [5, 5.41) is 11.7. The quantitative estimate of drug-likeness (QED) is 0.202. The number of hydrogen-bond acceptors (Lipinski definition) is 6. The Balaban J connectivity index is 1.51. The minimum Gasteiger partial charge on any atom is -0.382 e. The molecule has 0 N–H and O–H groups in total. The van der Waals surface area contributed by atoms with Crippen molar-refractivity contribution in [3.05, 3.63) is 72.6 Å². The Morgan fingerprint density at radius 3 is 2.65 bits per heavy atom. The van der Waals surface area contributed by atoms with E-state index in [4.69, 9.17) is 4.74 Å². The van der Waals surface area contributed by atoms with Gasteiger partial charge in [0.25, 0.3) is 0 Å². The van der Waals surface area contributed by atoms with E-state index in [-0.39, 0.29) is 5.78 Å². The summed E-state index contributed by atoms with van der Waals surface area (Å²) in [5.74, 6) is 1.16. The number of Topliss-reactive ketones (excluding diaryl/α,β-unsaturated/α-hetero) is 1. The highest BCUT2D eigenvalue weighted by Gasteiger charge is 2.16. The smallest absolute Gasteiger partial charge is 0.191 e. The maximum Gasteiger partial charge on any atom is 0.191 e. The number of hydrogen-bond donors (Lipinski definition) is 0. The van der Waals surface area contributed by atoms with Gasteiger partial charge in [0.2, 0.25) is 0 Å². The summed E-state index contributed by atoms with van der Waals surface area (Å²) in [4.78, 5) is 16.9. The molecule has 2 heterocycles. The first-order valence-electron chi connectivity index (χ1n) is 10.3. The van der Waals surface area contributed by atoms with Gasteiger partial charge in [-0.2, -0.15) is 0 Å². The zero-order valence-corrected chi connectivity index (χ0v) is 18.2. The number of aromatic nitrogens is 4. The molecule has 4 rings (SSSR count). The summed E-state index contributed by atoms with van der Waals surface area (Å²) < 4.78 is 7.55. The Kier molecular flexibility index (Phi) is 7.07. The molecule has 0 aliphatic rings. The highest BCUT2D eigenvalue weighted by atomic mass is 32.2. The van der Waals surface area contributed by atoms with Crippen LogP contribution in [0.2, 0.25) is 0 Å². The van der Waals surface area contributed by atoms with Gasteiger partial charge < -0.3 is 9.30 Å². The highest BCUT2D eigenvalue weighted by Crippen LogP contribution is 2.25. The van der Waals surface area contributed by atoms with E-state index in [0.29, 0.717) is 24.5 Å². The van der Waals surface area contributed by atoms with Gasteiger partial charge in [-0.1, -0.05) is 48.2 Å². The van der Waals surface area contributed by atoms with Crippen molar-refractivity contribution in [2.75, 3.05) is 19.0 Å². The summed E-state index contributed by atoms with van der Waals surface area (Å²) in [6.07, 6.45) is 4.32. The molecule has 0 saturated carbocycles. The van der Waals surface area contributed by atoms with Crippen molar-refractivity contribution < 1.29 is 9.53 Å². The SMILES string of the molecule is CCOCCCn1c(SCC(=O)c2ccc3ccccc3c2)nnc1-c1ccncc1. The van der Waals surface area contributed by atoms with Gasteiger partial charge in [0, 0.05) is 43.3 Å². The molecule has 0 atom stereocenters. The first-order chi connectivity index (χ1) is 15.3. The van der Waals surface area contributed by atoms with E-state index in [1.165, 1.54) is 11.8 Å². The predicted octanol–water partition coefficient (Wildman–Crippen LogP) is 4.89. The van der Waals surface area contributed by atoms with Crippen LogP contribution in [0, 0.1) is 0 Å². The number of carbonyl (C=O) groups excluding carboxylic acids is 1. The fourth-order valence-electron chi connectivity index (χ4n) is 3.36. The van der Waals surface area contributed by atoms with Crippen molar-refractivity contribution in [3.63, 3.8) is 0 Å². The van der Waals surface area contributed by atoms with E-state index in [9.17, 15) is 4.79 Å². The summed E-state index contributed by atoms with van der Waals surface area (Å²) in [5.41, 5.74) is 1.66. The molecule has 4 aromatic rings. The molecule has 0 spiro atoms. The van der Waals surface area contributed by atoms with E-state index in [1.54, 1.807) is 12.4 Å². The molecular formula is C24H24N4O2S. The molecule has 7 heteroatoms. The summed E-state index contributed by atoms with van der Waals surface area (Å²) in [6, 6.07) is 17.7. The first kappa shape index (κ1) is 21.2. The molecular weight excluding hydrogens is 408 g/mol. The lowest BCUT2D eigenvalue weighted by atomic mass is 10.1. The Labute approximate surface area is 185 Å². The van der Waals surface area contributed by atoms with E-state index in [0.717, 1.165) is 40.3 Å². The molecule has 0 unspecified atom stereocenters. The Hall–Kier alpha value is -3.03. The van der Waals surface area contributed by atoms with Crippen LogP contribution in [0.4, 0.5) is 0 Å². The lowest BCUT2D eigenvalue weighted by Crippen LogP contribution is -2.08. The standard InChI is InChI=1S/C24H24N4O2S/c1-2-30-15-5-14-28-23(19-10-12-25-13-11-19)26-27-24(28)31-17-22(29)21-9-8-18-6-3-4-7-20(18)16-21/h3-4,6-13,16H,2,5,14-15,17H2,1H3. The van der Waals surface area contributed by atoms with Gasteiger partial charge in [-0.25, -0.2) is 0 Å². The second kappa shape index (κ2) is 10.3. The predicted molar refractivity (Wildman–Crippen MR) is 123 cm³/mol. The van der Waals surface area contributed by atoms with Crippen LogP contribution in [-0.2, 0) is 11.3 Å². The van der Waals surface area contributed by atoms with Crippen LogP contribution in [0.15, 0.2) is 72.1 Å². The number of nitrogens with zero attached hydrogens (tertiary/aromatic N) is 4. The second-order valence-corrected chi connectivity index (χ2v) is 7.96. The summed E-state index contributed by atoms with van der Waals surface area (Å²) in [6.45, 7) is 4.07. The Morgan fingerprint density at radius 1 is 1.03 bits per heavy atom. The average Bonchev–Trinajstić information content (AvgIpc) is 3.23. The number of rotatable bonds is 10. The minimum atomic E-state index is 0.0741.